The van der Waals surface area contributed by atoms with E-state index in [1.54, 1.807) is 13.0 Å². The Morgan fingerprint density at radius 3 is 2.45 bits per heavy atom. The van der Waals surface area contributed by atoms with E-state index in [0.717, 1.165) is 18.9 Å². The molecule has 0 bridgehead atoms. The molecule has 0 aromatic heterocycles. The van der Waals surface area contributed by atoms with Gasteiger partial charge < -0.3 is 16.2 Å². The van der Waals surface area contributed by atoms with E-state index in [-0.39, 0.29) is 17.6 Å². The number of hydrogen-bond acceptors (Lipinski definition) is 3. The Morgan fingerprint density at radius 1 is 1.40 bits per heavy atom. The molecule has 0 heterocycles. The number of halogens is 1. The smallest absolute Gasteiger partial charge is 0.248 e. The second-order valence-electron chi connectivity index (χ2n) is 5.21. The Hall–Kier alpha value is -1.62. The number of nitrogens with one attached hydrogen (secondary N) is 1. The Labute approximate surface area is 119 Å². The summed E-state index contributed by atoms with van der Waals surface area (Å²) in [5.74, 6) is -1.13. The Morgan fingerprint density at radius 2 is 2.00 bits per heavy atom. The lowest BCUT2D eigenvalue weighted by Crippen LogP contribution is -2.32. The number of aliphatic hydroxyl groups excluding tert-OH is 1. The van der Waals surface area contributed by atoms with E-state index in [9.17, 15) is 14.3 Å². The van der Waals surface area contributed by atoms with Crippen LogP contribution in [0.5, 0.6) is 0 Å². The van der Waals surface area contributed by atoms with Crippen molar-refractivity contribution in [3.63, 3.8) is 0 Å². The summed E-state index contributed by atoms with van der Waals surface area (Å²) in [5, 5.41) is 12.7. The number of primary amides is 1. The van der Waals surface area contributed by atoms with Gasteiger partial charge in [0.1, 0.15) is 5.82 Å². The largest absolute Gasteiger partial charge is 0.396 e. The van der Waals surface area contributed by atoms with Crippen molar-refractivity contribution < 1.29 is 14.3 Å². The minimum atomic E-state index is -0.661. The third-order valence-electron chi connectivity index (χ3n) is 4.12. The van der Waals surface area contributed by atoms with Gasteiger partial charge in [0.2, 0.25) is 5.91 Å². The standard InChI is InChI=1S/C15H23FN2O2/c1-4-15(5-2,9-19)8-18-13-7-11(14(17)20)6-12(16)10(13)3/h6-7,18-19H,4-5,8-9H2,1-3H3,(H2,17,20). The molecule has 0 aliphatic carbocycles. The van der Waals surface area contributed by atoms with Gasteiger partial charge >= 0.3 is 0 Å². The second-order valence-corrected chi connectivity index (χ2v) is 5.21. The fourth-order valence-corrected chi connectivity index (χ4v) is 2.07. The van der Waals surface area contributed by atoms with Gasteiger partial charge in [-0.1, -0.05) is 13.8 Å². The zero-order valence-corrected chi connectivity index (χ0v) is 12.3. The maximum atomic E-state index is 13.8. The number of carbonyl (C=O) groups excluding carboxylic acids is 1. The number of anilines is 1. The van der Waals surface area contributed by atoms with Crippen LogP contribution in [0.25, 0.3) is 0 Å². The van der Waals surface area contributed by atoms with Crippen LogP contribution in [0.4, 0.5) is 10.1 Å². The maximum Gasteiger partial charge on any atom is 0.248 e. The molecule has 0 spiro atoms. The van der Waals surface area contributed by atoms with E-state index in [4.69, 9.17) is 5.73 Å². The average molecular weight is 282 g/mol. The molecule has 1 amide bonds. The van der Waals surface area contributed by atoms with Crippen LogP contribution in [0.3, 0.4) is 0 Å². The average Bonchev–Trinajstić information content (AvgIpc) is 2.44. The van der Waals surface area contributed by atoms with Crippen LogP contribution in [0.2, 0.25) is 0 Å². The molecule has 0 radical (unpaired) electrons. The van der Waals surface area contributed by atoms with Gasteiger partial charge in [-0.2, -0.15) is 0 Å². The number of nitrogens with two attached hydrogens (primary N) is 1. The normalized spacial score (nSPS) is 11.4. The van der Waals surface area contributed by atoms with Crippen LogP contribution in [0.1, 0.15) is 42.6 Å². The summed E-state index contributed by atoms with van der Waals surface area (Å²) in [4.78, 5) is 11.2. The number of aliphatic hydroxyl groups is 1. The van der Waals surface area contributed by atoms with Gasteiger partial charge in [-0.3, -0.25) is 4.79 Å². The van der Waals surface area contributed by atoms with Crippen LogP contribution < -0.4 is 11.1 Å². The van der Waals surface area contributed by atoms with E-state index in [0.29, 0.717) is 17.8 Å². The van der Waals surface area contributed by atoms with Crippen molar-refractivity contribution in [3.05, 3.63) is 29.1 Å². The van der Waals surface area contributed by atoms with Crippen LogP contribution in [0.15, 0.2) is 12.1 Å². The molecule has 1 aromatic carbocycles. The summed E-state index contributed by atoms with van der Waals surface area (Å²) in [5.41, 5.74) is 6.06. The van der Waals surface area contributed by atoms with Gasteiger partial charge in [-0.15, -0.1) is 0 Å². The maximum absolute atomic E-state index is 13.8. The first-order valence-corrected chi connectivity index (χ1v) is 6.83. The number of hydrogen-bond donors (Lipinski definition) is 3. The Kier molecular flexibility index (Phi) is 5.51. The van der Waals surface area contributed by atoms with Crippen molar-refractivity contribution >= 4 is 11.6 Å². The van der Waals surface area contributed by atoms with Crippen molar-refractivity contribution in [2.45, 2.75) is 33.6 Å². The number of amides is 1. The molecule has 0 unspecified atom stereocenters. The fourth-order valence-electron chi connectivity index (χ4n) is 2.07. The lowest BCUT2D eigenvalue weighted by Gasteiger charge is -2.30. The quantitative estimate of drug-likeness (QED) is 0.719. The predicted octanol–water partition coefficient (Wildman–Crippen LogP) is 2.44. The molecule has 20 heavy (non-hydrogen) atoms. The van der Waals surface area contributed by atoms with Gasteiger partial charge in [0.15, 0.2) is 0 Å². The molecule has 0 aliphatic heterocycles. The van der Waals surface area contributed by atoms with Crippen molar-refractivity contribution in [1.29, 1.82) is 0 Å². The Bertz CT molecular complexity index is 477. The third kappa shape index (κ3) is 3.48. The van der Waals surface area contributed by atoms with Gasteiger partial charge in [0, 0.05) is 28.8 Å². The second kappa shape index (κ2) is 6.70. The van der Waals surface area contributed by atoms with Crippen LogP contribution in [-0.4, -0.2) is 24.2 Å². The first kappa shape index (κ1) is 16.4. The van der Waals surface area contributed by atoms with Crippen molar-refractivity contribution in [1.82, 2.24) is 0 Å². The monoisotopic (exact) mass is 282 g/mol. The van der Waals surface area contributed by atoms with Crippen molar-refractivity contribution in [2.24, 2.45) is 11.1 Å². The van der Waals surface area contributed by atoms with E-state index < -0.39 is 11.7 Å². The molecule has 0 aliphatic rings. The van der Waals surface area contributed by atoms with E-state index in [1.165, 1.54) is 0 Å². The zero-order chi connectivity index (χ0) is 15.3. The first-order valence-electron chi connectivity index (χ1n) is 6.83. The molecular formula is C15H23FN2O2. The summed E-state index contributed by atoms with van der Waals surface area (Å²) in [6.07, 6.45) is 1.62. The lowest BCUT2D eigenvalue weighted by molar-refractivity contribution is 0.1000. The fraction of sp³-hybridized carbons (Fsp3) is 0.533. The topological polar surface area (TPSA) is 75.3 Å². The molecule has 0 atom stereocenters. The third-order valence-corrected chi connectivity index (χ3v) is 4.12. The van der Waals surface area contributed by atoms with Crippen LogP contribution in [-0.2, 0) is 0 Å². The minimum Gasteiger partial charge on any atom is -0.396 e. The highest BCUT2D eigenvalue weighted by Crippen LogP contribution is 2.28. The molecule has 1 aromatic rings. The molecule has 112 valence electrons. The highest BCUT2D eigenvalue weighted by molar-refractivity contribution is 5.94. The number of benzene rings is 1. The Balaban J connectivity index is 3.00. The van der Waals surface area contributed by atoms with Gasteiger partial charge in [-0.25, -0.2) is 4.39 Å². The van der Waals surface area contributed by atoms with E-state index in [2.05, 4.69) is 5.32 Å². The van der Waals surface area contributed by atoms with E-state index >= 15 is 0 Å². The number of rotatable bonds is 7. The first-order chi connectivity index (χ1) is 9.39. The minimum absolute atomic E-state index is 0.0596. The molecular weight excluding hydrogens is 259 g/mol. The molecule has 0 fully saturated rings. The lowest BCUT2D eigenvalue weighted by atomic mass is 9.83. The molecule has 4 N–H and O–H groups in total. The molecule has 0 saturated carbocycles. The summed E-state index contributed by atoms with van der Waals surface area (Å²) < 4.78 is 13.8. The van der Waals surface area contributed by atoms with Crippen molar-refractivity contribution in [3.8, 4) is 0 Å². The van der Waals surface area contributed by atoms with Gasteiger partial charge in [-0.05, 0) is 31.9 Å². The summed E-state index contributed by atoms with van der Waals surface area (Å²) >= 11 is 0. The molecule has 0 saturated heterocycles. The highest BCUT2D eigenvalue weighted by Gasteiger charge is 2.25. The van der Waals surface area contributed by atoms with Gasteiger partial charge in [0.25, 0.3) is 0 Å². The molecule has 5 heteroatoms. The molecule has 4 nitrogen and oxygen atoms in total. The zero-order valence-electron chi connectivity index (χ0n) is 12.3. The van der Waals surface area contributed by atoms with Crippen LogP contribution in [0, 0.1) is 18.2 Å². The van der Waals surface area contributed by atoms with Crippen molar-refractivity contribution in [2.75, 3.05) is 18.5 Å². The highest BCUT2D eigenvalue weighted by atomic mass is 19.1. The van der Waals surface area contributed by atoms with Gasteiger partial charge in [0.05, 0.1) is 6.61 Å². The predicted molar refractivity (Wildman–Crippen MR) is 78.2 cm³/mol. The van der Waals surface area contributed by atoms with E-state index in [1.807, 2.05) is 13.8 Å². The SMILES string of the molecule is CCC(CC)(CO)CNc1cc(C(N)=O)cc(F)c1C. The summed E-state index contributed by atoms with van der Waals surface area (Å²) in [6.45, 7) is 6.23. The summed E-state index contributed by atoms with van der Waals surface area (Å²) in [6, 6.07) is 2.69. The molecule has 1 rings (SSSR count). The number of carbonyl (C=O) groups is 1. The summed E-state index contributed by atoms with van der Waals surface area (Å²) in [7, 11) is 0. The van der Waals surface area contributed by atoms with Crippen LogP contribution >= 0.6 is 0 Å².